The van der Waals surface area contributed by atoms with Crippen LogP contribution in [-0.4, -0.2) is 45.2 Å². The molecule has 1 saturated carbocycles. The first kappa shape index (κ1) is 17.5. The maximum Gasteiger partial charge on any atom is 0.215 e. The van der Waals surface area contributed by atoms with Crippen molar-refractivity contribution in [1.82, 2.24) is 9.62 Å². The molecule has 1 aliphatic heterocycles. The summed E-state index contributed by atoms with van der Waals surface area (Å²) < 4.78 is 32.4. The second kappa shape index (κ2) is 7.17. The normalized spacial score (nSPS) is 22.9. The van der Waals surface area contributed by atoms with Gasteiger partial charge in [-0.3, -0.25) is 0 Å². The van der Waals surface area contributed by atoms with Gasteiger partial charge < -0.3 is 10.1 Å². The van der Waals surface area contributed by atoms with Crippen LogP contribution >= 0.6 is 12.4 Å². The molecule has 1 unspecified atom stereocenters. The Kier molecular flexibility index (Phi) is 5.71. The summed E-state index contributed by atoms with van der Waals surface area (Å²) in [5, 5.41) is 3.29. The quantitative estimate of drug-likeness (QED) is 0.883. The molecule has 0 spiro atoms. The number of hydrogen-bond acceptors (Lipinski definition) is 4. The average Bonchev–Trinajstić information content (AvgIpc) is 3.30. The number of rotatable bonds is 5. The second-order valence-electron chi connectivity index (χ2n) is 5.79. The fourth-order valence-electron chi connectivity index (χ4n) is 2.90. The largest absolute Gasteiger partial charge is 0.496 e. The lowest BCUT2D eigenvalue weighted by Crippen LogP contribution is -2.49. The van der Waals surface area contributed by atoms with Crippen LogP contribution in [0.3, 0.4) is 0 Å². The smallest absolute Gasteiger partial charge is 0.215 e. The van der Waals surface area contributed by atoms with Gasteiger partial charge in [0.25, 0.3) is 0 Å². The molecule has 5 nitrogen and oxygen atoms in total. The van der Waals surface area contributed by atoms with E-state index in [1.54, 1.807) is 11.4 Å². The molecule has 1 aromatic carbocycles. The van der Waals surface area contributed by atoms with E-state index in [2.05, 4.69) is 5.32 Å². The Labute approximate surface area is 138 Å². The zero-order chi connectivity index (χ0) is 14.9. The van der Waals surface area contributed by atoms with E-state index in [0.717, 1.165) is 24.2 Å². The minimum absolute atomic E-state index is 0. The van der Waals surface area contributed by atoms with Gasteiger partial charge in [-0.2, -0.15) is 4.31 Å². The van der Waals surface area contributed by atoms with Crippen molar-refractivity contribution in [1.29, 1.82) is 0 Å². The monoisotopic (exact) mass is 346 g/mol. The Morgan fingerprint density at radius 3 is 2.73 bits per heavy atom. The summed E-state index contributed by atoms with van der Waals surface area (Å²) in [5.74, 6) is 1.40. The number of para-hydroxylation sites is 1. The van der Waals surface area contributed by atoms with Gasteiger partial charge in [-0.05, 0) is 24.8 Å². The van der Waals surface area contributed by atoms with E-state index in [9.17, 15) is 8.42 Å². The van der Waals surface area contributed by atoms with Crippen molar-refractivity contribution in [2.24, 2.45) is 5.92 Å². The maximum atomic E-state index is 12.7. The third-order valence-electron chi connectivity index (χ3n) is 4.19. The summed E-state index contributed by atoms with van der Waals surface area (Å²) in [6.45, 7) is 1.86. The Bertz CT molecular complexity index is 605. The van der Waals surface area contributed by atoms with Crippen molar-refractivity contribution >= 4 is 22.4 Å². The fourth-order valence-corrected chi connectivity index (χ4v) is 4.97. The first-order chi connectivity index (χ1) is 10.1. The van der Waals surface area contributed by atoms with Crippen LogP contribution in [0, 0.1) is 5.92 Å². The molecule has 2 fully saturated rings. The Balaban J connectivity index is 0.00000176. The summed E-state index contributed by atoms with van der Waals surface area (Å²) in [6.07, 6.45) is 2.09. The molecule has 0 radical (unpaired) electrons. The molecule has 1 heterocycles. The van der Waals surface area contributed by atoms with E-state index < -0.39 is 10.0 Å². The van der Waals surface area contributed by atoms with Gasteiger partial charge in [0.2, 0.25) is 10.0 Å². The molecular weight excluding hydrogens is 324 g/mol. The van der Waals surface area contributed by atoms with E-state index in [-0.39, 0.29) is 18.4 Å². The lowest BCUT2D eigenvalue weighted by molar-refractivity contribution is 0.264. The zero-order valence-electron chi connectivity index (χ0n) is 12.7. The van der Waals surface area contributed by atoms with Crippen LogP contribution in [0.15, 0.2) is 24.3 Å². The topological polar surface area (TPSA) is 58.6 Å². The number of piperazine rings is 1. The molecule has 2 aliphatic rings. The van der Waals surface area contributed by atoms with Crippen LogP contribution in [0.1, 0.15) is 24.4 Å². The van der Waals surface area contributed by atoms with Crippen molar-refractivity contribution in [3.05, 3.63) is 29.8 Å². The number of benzene rings is 1. The number of ether oxygens (including phenoxy) is 1. The Morgan fingerprint density at radius 1 is 1.32 bits per heavy atom. The summed E-state index contributed by atoms with van der Waals surface area (Å²) in [4.78, 5) is 0. The van der Waals surface area contributed by atoms with Gasteiger partial charge in [-0.25, -0.2) is 8.42 Å². The molecule has 1 aromatic rings. The van der Waals surface area contributed by atoms with Crippen molar-refractivity contribution < 1.29 is 13.2 Å². The maximum absolute atomic E-state index is 12.7. The second-order valence-corrected chi connectivity index (χ2v) is 7.76. The molecule has 124 valence electrons. The van der Waals surface area contributed by atoms with Crippen LogP contribution in [0.4, 0.5) is 0 Å². The van der Waals surface area contributed by atoms with E-state index in [0.29, 0.717) is 31.3 Å². The molecule has 22 heavy (non-hydrogen) atoms. The number of nitrogens with zero attached hydrogens (tertiary/aromatic N) is 1. The van der Waals surface area contributed by atoms with Crippen LogP contribution in [0.25, 0.3) is 0 Å². The van der Waals surface area contributed by atoms with Gasteiger partial charge in [0.1, 0.15) is 5.75 Å². The molecule has 0 aromatic heterocycles. The van der Waals surface area contributed by atoms with Crippen LogP contribution in [0.2, 0.25) is 0 Å². The van der Waals surface area contributed by atoms with Crippen molar-refractivity contribution in [3.63, 3.8) is 0 Å². The van der Waals surface area contributed by atoms with E-state index in [1.165, 1.54) is 0 Å². The molecule has 3 rings (SSSR count). The highest BCUT2D eigenvalue weighted by Gasteiger charge is 2.38. The molecule has 7 heteroatoms. The number of sulfonamides is 1. The summed E-state index contributed by atoms with van der Waals surface area (Å²) in [6, 6.07) is 7.49. The highest BCUT2D eigenvalue weighted by molar-refractivity contribution is 7.89. The van der Waals surface area contributed by atoms with Crippen molar-refractivity contribution in [2.75, 3.05) is 32.5 Å². The van der Waals surface area contributed by atoms with E-state index in [4.69, 9.17) is 4.74 Å². The number of methoxy groups -OCH3 is 1. The van der Waals surface area contributed by atoms with Gasteiger partial charge in [0.05, 0.1) is 18.9 Å². The highest BCUT2D eigenvalue weighted by Crippen LogP contribution is 2.36. The standard InChI is InChI=1S/C15H22N2O3S.ClH/c1-20-15-5-3-2-4-13(15)14-10-16-8-9-17(14)21(18,19)11-12-6-7-12;/h2-5,12,14,16H,6-11H2,1H3;1H. The molecule has 1 atom stereocenters. The number of hydrogen-bond donors (Lipinski definition) is 1. The molecule has 1 N–H and O–H groups in total. The van der Waals surface area contributed by atoms with E-state index in [1.807, 2.05) is 24.3 Å². The SMILES string of the molecule is COc1ccccc1C1CNCCN1S(=O)(=O)CC1CC1.Cl. The minimum Gasteiger partial charge on any atom is -0.496 e. The molecule has 1 aliphatic carbocycles. The van der Waals surface area contributed by atoms with Crippen LogP contribution in [0.5, 0.6) is 5.75 Å². The third kappa shape index (κ3) is 3.74. The third-order valence-corrected chi connectivity index (χ3v) is 6.24. The van der Waals surface area contributed by atoms with Gasteiger partial charge in [0, 0.05) is 25.2 Å². The average molecular weight is 347 g/mol. The Morgan fingerprint density at radius 2 is 2.05 bits per heavy atom. The molecular formula is C15H23ClN2O3S. The fraction of sp³-hybridized carbons (Fsp3) is 0.600. The molecule has 0 bridgehead atoms. The summed E-state index contributed by atoms with van der Waals surface area (Å²) in [5.41, 5.74) is 0.937. The lowest BCUT2D eigenvalue weighted by atomic mass is 10.0. The van der Waals surface area contributed by atoms with Gasteiger partial charge in [-0.1, -0.05) is 18.2 Å². The number of halogens is 1. The first-order valence-corrected chi connectivity index (χ1v) is 9.06. The molecule has 0 amide bonds. The summed E-state index contributed by atoms with van der Waals surface area (Å²) >= 11 is 0. The van der Waals surface area contributed by atoms with Crippen LogP contribution < -0.4 is 10.1 Å². The first-order valence-electron chi connectivity index (χ1n) is 7.45. The predicted octanol–water partition coefficient (Wildman–Crippen LogP) is 1.80. The Hall–Kier alpha value is -0.820. The molecule has 1 saturated heterocycles. The predicted molar refractivity (Wildman–Crippen MR) is 89.1 cm³/mol. The van der Waals surface area contributed by atoms with Crippen molar-refractivity contribution in [2.45, 2.75) is 18.9 Å². The minimum atomic E-state index is -3.20. The highest BCUT2D eigenvalue weighted by atomic mass is 35.5. The van der Waals surface area contributed by atoms with Gasteiger partial charge in [0.15, 0.2) is 0 Å². The number of nitrogens with one attached hydrogen (secondary N) is 1. The van der Waals surface area contributed by atoms with Gasteiger partial charge in [-0.15, -0.1) is 12.4 Å². The zero-order valence-corrected chi connectivity index (χ0v) is 14.3. The van der Waals surface area contributed by atoms with E-state index >= 15 is 0 Å². The summed E-state index contributed by atoms with van der Waals surface area (Å²) in [7, 11) is -1.58. The van der Waals surface area contributed by atoms with Crippen LogP contribution in [-0.2, 0) is 10.0 Å². The van der Waals surface area contributed by atoms with Crippen molar-refractivity contribution in [3.8, 4) is 5.75 Å². The lowest BCUT2D eigenvalue weighted by Gasteiger charge is -2.36. The van der Waals surface area contributed by atoms with Gasteiger partial charge >= 0.3 is 0 Å².